The van der Waals surface area contributed by atoms with Crippen molar-refractivity contribution >= 4 is 23.3 Å². The average Bonchev–Trinajstić information content (AvgIpc) is 3.04. The van der Waals surface area contributed by atoms with Crippen molar-refractivity contribution in [3.8, 4) is 0 Å². The fraction of sp³-hybridized carbons (Fsp3) is 0.615. The van der Waals surface area contributed by atoms with Gasteiger partial charge >= 0.3 is 12.0 Å². The number of hydrogen-bond donors (Lipinski definition) is 2. The Bertz CT molecular complexity index is 483. The number of nitrogens with one attached hydrogen (secondary N) is 1. The van der Waals surface area contributed by atoms with Gasteiger partial charge in [-0.1, -0.05) is 12.8 Å². The molecule has 0 unspecified atom stereocenters. The van der Waals surface area contributed by atoms with Crippen molar-refractivity contribution in [1.29, 1.82) is 0 Å². The Morgan fingerprint density at radius 2 is 2.20 bits per heavy atom. The maximum absolute atomic E-state index is 12.2. The summed E-state index contributed by atoms with van der Waals surface area (Å²) in [4.78, 5) is 29.8. The van der Waals surface area contributed by atoms with Gasteiger partial charge in [0, 0.05) is 17.1 Å². The van der Waals surface area contributed by atoms with Gasteiger partial charge < -0.3 is 15.3 Å². The van der Waals surface area contributed by atoms with Crippen LogP contribution in [0.25, 0.3) is 0 Å². The molecule has 20 heavy (non-hydrogen) atoms. The van der Waals surface area contributed by atoms with E-state index in [0.29, 0.717) is 6.54 Å². The normalized spacial score (nSPS) is 15.2. The molecular formula is C13H19N3O3S. The Hall–Kier alpha value is -1.63. The molecule has 0 radical (unpaired) electrons. The number of nitrogens with zero attached hydrogens (tertiary/aromatic N) is 2. The van der Waals surface area contributed by atoms with Crippen molar-refractivity contribution in [3.63, 3.8) is 0 Å². The third kappa shape index (κ3) is 3.93. The van der Waals surface area contributed by atoms with E-state index in [9.17, 15) is 9.59 Å². The third-order valence-corrected chi connectivity index (χ3v) is 4.30. The Labute approximate surface area is 121 Å². The van der Waals surface area contributed by atoms with Crippen LogP contribution in [0.2, 0.25) is 0 Å². The summed E-state index contributed by atoms with van der Waals surface area (Å²) in [5, 5.41) is 12.5. The van der Waals surface area contributed by atoms with Gasteiger partial charge in [-0.05, 0) is 19.8 Å². The number of aromatic nitrogens is 1. The number of urea groups is 1. The van der Waals surface area contributed by atoms with Crippen LogP contribution in [0.1, 0.15) is 35.6 Å². The van der Waals surface area contributed by atoms with Crippen LogP contribution in [0.4, 0.5) is 4.79 Å². The minimum atomic E-state index is -0.975. The molecule has 1 aromatic rings. The molecule has 0 saturated heterocycles. The van der Waals surface area contributed by atoms with E-state index in [2.05, 4.69) is 10.3 Å². The summed E-state index contributed by atoms with van der Waals surface area (Å²) in [5.74, 6) is -0.975. The fourth-order valence-electron chi connectivity index (χ4n) is 2.46. The molecule has 0 atom stereocenters. The zero-order chi connectivity index (χ0) is 14.5. The zero-order valence-electron chi connectivity index (χ0n) is 11.5. The van der Waals surface area contributed by atoms with Crippen molar-refractivity contribution in [2.45, 2.75) is 45.2 Å². The number of carbonyl (C=O) groups excluding carboxylic acids is 1. The van der Waals surface area contributed by atoms with Gasteiger partial charge in [0.1, 0.15) is 11.6 Å². The summed E-state index contributed by atoms with van der Waals surface area (Å²) in [6, 6.07) is -0.267. The molecule has 2 rings (SSSR count). The molecule has 0 aromatic carbocycles. The summed E-state index contributed by atoms with van der Waals surface area (Å²) in [5.41, 5.74) is 0. The Morgan fingerprint density at radius 1 is 1.50 bits per heavy atom. The first-order valence-electron chi connectivity index (χ1n) is 6.74. The van der Waals surface area contributed by atoms with Crippen molar-refractivity contribution in [1.82, 2.24) is 15.2 Å². The van der Waals surface area contributed by atoms with E-state index in [0.717, 1.165) is 35.6 Å². The highest BCUT2D eigenvalue weighted by Crippen LogP contribution is 2.23. The van der Waals surface area contributed by atoms with Gasteiger partial charge in [-0.25, -0.2) is 9.78 Å². The van der Waals surface area contributed by atoms with Gasteiger partial charge in [-0.15, -0.1) is 11.3 Å². The standard InChI is InChI=1S/C13H19N3O3S/c1-9-6-14-11(20-9)7-15-13(19)16(8-12(17)18)10-4-2-3-5-10/h6,10H,2-5,7-8H2,1H3,(H,15,19)(H,17,18). The first kappa shape index (κ1) is 14.8. The first-order chi connectivity index (χ1) is 9.56. The molecule has 110 valence electrons. The SMILES string of the molecule is Cc1cnc(CNC(=O)N(CC(=O)O)C2CCCC2)s1. The first-order valence-corrected chi connectivity index (χ1v) is 7.55. The van der Waals surface area contributed by atoms with Gasteiger partial charge in [-0.2, -0.15) is 0 Å². The van der Waals surface area contributed by atoms with E-state index in [1.807, 2.05) is 6.92 Å². The minimum Gasteiger partial charge on any atom is -0.480 e. The number of carboxylic acid groups (broad SMARTS) is 1. The van der Waals surface area contributed by atoms with Crippen LogP contribution >= 0.6 is 11.3 Å². The lowest BCUT2D eigenvalue weighted by molar-refractivity contribution is -0.138. The number of hydrogen-bond acceptors (Lipinski definition) is 4. The molecule has 1 aliphatic carbocycles. The Morgan fingerprint density at radius 3 is 2.75 bits per heavy atom. The average molecular weight is 297 g/mol. The Kier molecular flexibility index (Phi) is 4.94. The summed E-state index contributed by atoms with van der Waals surface area (Å²) in [6.45, 7) is 2.06. The van der Waals surface area contributed by atoms with Gasteiger partial charge in [0.25, 0.3) is 0 Å². The van der Waals surface area contributed by atoms with Crippen molar-refractivity contribution in [3.05, 3.63) is 16.1 Å². The lowest BCUT2D eigenvalue weighted by atomic mass is 10.2. The van der Waals surface area contributed by atoms with Gasteiger partial charge in [-0.3, -0.25) is 4.79 Å². The molecule has 7 heteroatoms. The number of rotatable bonds is 5. The van der Waals surface area contributed by atoms with Gasteiger partial charge in [0.05, 0.1) is 6.54 Å². The van der Waals surface area contributed by atoms with Crippen molar-refractivity contribution in [2.75, 3.05) is 6.54 Å². The van der Waals surface area contributed by atoms with Gasteiger partial charge in [0.15, 0.2) is 0 Å². The number of aliphatic carboxylic acids is 1. The van der Waals surface area contributed by atoms with Crippen LogP contribution in [0.3, 0.4) is 0 Å². The number of thiazole rings is 1. The molecule has 2 N–H and O–H groups in total. The minimum absolute atomic E-state index is 0.0455. The van der Waals surface area contributed by atoms with Crippen LogP contribution in [-0.2, 0) is 11.3 Å². The molecule has 1 heterocycles. The molecule has 1 aliphatic rings. The van der Waals surface area contributed by atoms with E-state index in [-0.39, 0.29) is 18.6 Å². The lowest BCUT2D eigenvalue weighted by Crippen LogP contribution is -2.47. The van der Waals surface area contributed by atoms with Crippen LogP contribution < -0.4 is 5.32 Å². The molecule has 1 saturated carbocycles. The highest BCUT2D eigenvalue weighted by atomic mass is 32.1. The molecule has 1 aromatic heterocycles. The summed E-state index contributed by atoms with van der Waals surface area (Å²) in [6.07, 6.45) is 5.64. The van der Waals surface area contributed by atoms with Crippen LogP contribution in [-0.4, -0.2) is 39.6 Å². The molecule has 0 spiro atoms. The largest absolute Gasteiger partial charge is 0.480 e. The van der Waals surface area contributed by atoms with E-state index in [4.69, 9.17) is 5.11 Å². The van der Waals surface area contributed by atoms with Gasteiger partial charge in [0.2, 0.25) is 0 Å². The van der Waals surface area contributed by atoms with E-state index in [1.165, 1.54) is 16.2 Å². The van der Waals surface area contributed by atoms with E-state index < -0.39 is 5.97 Å². The number of carboxylic acids is 1. The second-order valence-corrected chi connectivity index (χ2v) is 6.30. The molecule has 0 aliphatic heterocycles. The quantitative estimate of drug-likeness (QED) is 0.870. The van der Waals surface area contributed by atoms with Crippen molar-refractivity contribution in [2.24, 2.45) is 0 Å². The van der Waals surface area contributed by atoms with E-state index in [1.54, 1.807) is 6.20 Å². The third-order valence-electron chi connectivity index (χ3n) is 3.39. The second-order valence-electron chi connectivity index (χ2n) is 4.98. The topological polar surface area (TPSA) is 82.5 Å². The maximum atomic E-state index is 12.2. The molecule has 1 fully saturated rings. The predicted octanol–water partition coefficient (Wildman–Crippen LogP) is 1.99. The monoisotopic (exact) mass is 297 g/mol. The van der Waals surface area contributed by atoms with Crippen molar-refractivity contribution < 1.29 is 14.7 Å². The predicted molar refractivity (Wildman–Crippen MR) is 75.7 cm³/mol. The number of aryl methyl sites for hydroxylation is 1. The van der Waals surface area contributed by atoms with Crippen LogP contribution in [0.5, 0.6) is 0 Å². The highest BCUT2D eigenvalue weighted by Gasteiger charge is 2.28. The maximum Gasteiger partial charge on any atom is 0.323 e. The smallest absolute Gasteiger partial charge is 0.323 e. The second kappa shape index (κ2) is 6.69. The van der Waals surface area contributed by atoms with Crippen LogP contribution in [0, 0.1) is 6.92 Å². The lowest BCUT2D eigenvalue weighted by Gasteiger charge is -2.27. The fourth-order valence-corrected chi connectivity index (χ4v) is 3.19. The highest BCUT2D eigenvalue weighted by molar-refractivity contribution is 7.11. The molecular weight excluding hydrogens is 278 g/mol. The van der Waals surface area contributed by atoms with Crippen LogP contribution in [0.15, 0.2) is 6.20 Å². The summed E-state index contributed by atoms with van der Waals surface area (Å²) in [7, 11) is 0. The number of amides is 2. The molecule has 0 bridgehead atoms. The summed E-state index contributed by atoms with van der Waals surface area (Å²) < 4.78 is 0. The molecule has 6 nitrogen and oxygen atoms in total. The summed E-state index contributed by atoms with van der Waals surface area (Å²) >= 11 is 1.53. The molecule has 2 amide bonds. The Balaban J connectivity index is 1.93. The van der Waals surface area contributed by atoms with E-state index >= 15 is 0 Å². The zero-order valence-corrected chi connectivity index (χ0v) is 12.3. The number of carbonyl (C=O) groups is 2.